The average Bonchev–Trinajstić information content (AvgIpc) is 2.27. The number of rotatable bonds is 1. The highest BCUT2D eigenvalue weighted by Crippen LogP contribution is 2.42. The van der Waals surface area contributed by atoms with Crippen LogP contribution in [0.1, 0.15) is 38.7 Å². The fourth-order valence-electron chi connectivity index (χ4n) is 2.87. The summed E-state index contributed by atoms with van der Waals surface area (Å²) in [5, 5.41) is 0. The molecule has 88 valence electrons. The summed E-state index contributed by atoms with van der Waals surface area (Å²) in [5.74, 6) is 0.902. The molecule has 0 bridgehead atoms. The Bertz CT molecular complexity index is 360. The number of hydrogen-bond acceptors (Lipinski definition) is 1. The van der Waals surface area contributed by atoms with E-state index in [0.29, 0.717) is 11.8 Å². The zero-order valence-corrected chi connectivity index (χ0v) is 10.0. The maximum absolute atomic E-state index is 12.9. The van der Waals surface area contributed by atoms with Gasteiger partial charge in [-0.3, -0.25) is 0 Å². The average molecular weight is 221 g/mol. The third-order valence-electron chi connectivity index (χ3n) is 4.30. The van der Waals surface area contributed by atoms with Gasteiger partial charge in [0.25, 0.3) is 0 Å². The monoisotopic (exact) mass is 221 g/mol. The third kappa shape index (κ3) is 1.86. The Balaban J connectivity index is 2.33. The van der Waals surface area contributed by atoms with Crippen LogP contribution in [0.2, 0.25) is 0 Å². The van der Waals surface area contributed by atoms with Crippen molar-refractivity contribution in [2.75, 3.05) is 0 Å². The van der Waals surface area contributed by atoms with Crippen molar-refractivity contribution in [1.29, 1.82) is 0 Å². The summed E-state index contributed by atoms with van der Waals surface area (Å²) in [5.41, 5.74) is 7.35. The van der Waals surface area contributed by atoms with Gasteiger partial charge in [-0.2, -0.15) is 0 Å². The summed E-state index contributed by atoms with van der Waals surface area (Å²) in [6.07, 6.45) is 3.42. The van der Waals surface area contributed by atoms with Crippen molar-refractivity contribution in [2.45, 2.75) is 38.6 Å². The highest BCUT2D eigenvalue weighted by Gasteiger charge is 2.39. The molecular formula is C14H20FN. The van der Waals surface area contributed by atoms with Crippen molar-refractivity contribution in [3.05, 3.63) is 35.6 Å². The number of nitrogens with two attached hydrogens (primary N) is 1. The van der Waals surface area contributed by atoms with Gasteiger partial charge in [-0.1, -0.05) is 38.8 Å². The molecule has 1 saturated carbocycles. The Hall–Kier alpha value is -0.890. The maximum Gasteiger partial charge on any atom is 0.123 e. The zero-order chi connectivity index (χ0) is 11.8. The first kappa shape index (κ1) is 11.6. The molecule has 0 aromatic heterocycles. The van der Waals surface area contributed by atoms with Gasteiger partial charge in [0.15, 0.2) is 0 Å². The van der Waals surface area contributed by atoms with E-state index in [1.54, 1.807) is 0 Å². The summed E-state index contributed by atoms with van der Waals surface area (Å²) in [6, 6.07) is 6.69. The Kier molecular flexibility index (Phi) is 3.02. The molecule has 0 aliphatic heterocycles. The summed E-state index contributed by atoms with van der Waals surface area (Å²) >= 11 is 0. The quantitative estimate of drug-likeness (QED) is 0.772. The molecular weight excluding hydrogens is 201 g/mol. The largest absolute Gasteiger partial charge is 0.321 e. The van der Waals surface area contributed by atoms with Gasteiger partial charge < -0.3 is 5.73 Å². The van der Waals surface area contributed by atoms with Crippen molar-refractivity contribution < 1.29 is 4.39 Å². The fourth-order valence-corrected chi connectivity index (χ4v) is 2.87. The van der Waals surface area contributed by atoms with E-state index in [-0.39, 0.29) is 11.4 Å². The van der Waals surface area contributed by atoms with Crippen LogP contribution in [0.15, 0.2) is 24.3 Å². The normalized spacial score (nSPS) is 35.0. The summed E-state index contributed by atoms with van der Waals surface area (Å²) in [7, 11) is 0. The van der Waals surface area contributed by atoms with Crippen LogP contribution in [0.5, 0.6) is 0 Å². The molecule has 0 radical (unpaired) electrons. The predicted octanol–water partition coefficient (Wildman–Crippen LogP) is 3.44. The molecule has 2 heteroatoms. The van der Waals surface area contributed by atoms with Crippen LogP contribution in [0.3, 0.4) is 0 Å². The maximum atomic E-state index is 12.9. The molecule has 1 nitrogen and oxygen atoms in total. The molecule has 1 fully saturated rings. The molecule has 16 heavy (non-hydrogen) atoms. The molecule has 1 aliphatic rings. The van der Waals surface area contributed by atoms with Crippen LogP contribution < -0.4 is 5.73 Å². The van der Waals surface area contributed by atoms with Crippen LogP contribution in [0.4, 0.5) is 4.39 Å². The minimum absolute atomic E-state index is 0.191. The highest BCUT2D eigenvalue weighted by atomic mass is 19.1. The van der Waals surface area contributed by atoms with E-state index in [1.165, 1.54) is 25.0 Å². The molecule has 1 aromatic carbocycles. The van der Waals surface area contributed by atoms with Crippen molar-refractivity contribution in [3.63, 3.8) is 0 Å². The second-order valence-electron chi connectivity index (χ2n) is 5.21. The molecule has 0 spiro atoms. The molecule has 2 N–H and O–H groups in total. The van der Waals surface area contributed by atoms with Gasteiger partial charge in [0.2, 0.25) is 0 Å². The lowest BCUT2D eigenvalue weighted by molar-refractivity contribution is 0.143. The number of halogens is 1. The summed E-state index contributed by atoms with van der Waals surface area (Å²) < 4.78 is 12.9. The smallest absolute Gasteiger partial charge is 0.123 e. The van der Waals surface area contributed by atoms with Crippen molar-refractivity contribution in [2.24, 2.45) is 17.6 Å². The van der Waals surface area contributed by atoms with Crippen LogP contribution >= 0.6 is 0 Å². The van der Waals surface area contributed by atoms with Crippen LogP contribution in [-0.2, 0) is 5.54 Å². The topological polar surface area (TPSA) is 26.0 Å². The van der Waals surface area contributed by atoms with Crippen molar-refractivity contribution >= 4 is 0 Å². The first-order valence-corrected chi connectivity index (χ1v) is 6.09. The number of hydrogen-bond donors (Lipinski definition) is 1. The van der Waals surface area contributed by atoms with Crippen molar-refractivity contribution in [1.82, 2.24) is 0 Å². The lowest BCUT2D eigenvalue weighted by Crippen LogP contribution is -2.48. The molecule has 3 unspecified atom stereocenters. The number of benzene rings is 1. The van der Waals surface area contributed by atoms with Crippen molar-refractivity contribution in [3.8, 4) is 0 Å². The van der Waals surface area contributed by atoms with Crippen LogP contribution in [0.25, 0.3) is 0 Å². The van der Waals surface area contributed by atoms with E-state index in [2.05, 4.69) is 13.8 Å². The highest BCUT2D eigenvalue weighted by molar-refractivity contribution is 5.26. The Labute approximate surface area is 96.9 Å². The second kappa shape index (κ2) is 4.17. The molecule has 2 rings (SSSR count). The molecule has 3 atom stereocenters. The van der Waals surface area contributed by atoms with Crippen LogP contribution in [-0.4, -0.2) is 0 Å². The van der Waals surface area contributed by atoms with E-state index in [4.69, 9.17) is 5.73 Å². The second-order valence-corrected chi connectivity index (χ2v) is 5.21. The van der Waals surface area contributed by atoms with Gasteiger partial charge in [-0.15, -0.1) is 0 Å². The predicted molar refractivity (Wildman–Crippen MR) is 64.4 cm³/mol. The zero-order valence-electron chi connectivity index (χ0n) is 10.0. The van der Waals surface area contributed by atoms with E-state index in [9.17, 15) is 4.39 Å². The van der Waals surface area contributed by atoms with Gasteiger partial charge in [0.05, 0.1) is 0 Å². The molecule has 1 aromatic rings. The lowest BCUT2D eigenvalue weighted by Gasteiger charge is -2.43. The fraction of sp³-hybridized carbons (Fsp3) is 0.571. The van der Waals surface area contributed by atoms with E-state index >= 15 is 0 Å². The standard InChI is InChI=1S/C14H20FN/c1-10-4-3-9-14(16,11(10)2)12-5-7-13(15)8-6-12/h5-8,10-11H,3-4,9,16H2,1-2H3. The van der Waals surface area contributed by atoms with Gasteiger partial charge in [0, 0.05) is 5.54 Å². The SMILES string of the molecule is CC1CCCC(N)(c2ccc(F)cc2)C1C. The van der Waals surface area contributed by atoms with Gasteiger partial charge in [0.1, 0.15) is 5.82 Å². The molecule has 0 heterocycles. The van der Waals surface area contributed by atoms with Gasteiger partial charge in [-0.05, 0) is 36.0 Å². The van der Waals surface area contributed by atoms with E-state index < -0.39 is 0 Å². The van der Waals surface area contributed by atoms with Gasteiger partial charge >= 0.3 is 0 Å². The first-order chi connectivity index (χ1) is 7.54. The molecule has 0 saturated heterocycles. The Morgan fingerprint density at radius 1 is 1.25 bits per heavy atom. The van der Waals surface area contributed by atoms with Crippen LogP contribution in [0, 0.1) is 17.7 Å². The summed E-state index contributed by atoms with van der Waals surface area (Å²) in [4.78, 5) is 0. The van der Waals surface area contributed by atoms with Gasteiger partial charge in [-0.25, -0.2) is 4.39 Å². The summed E-state index contributed by atoms with van der Waals surface area (Å²) in [6.45, 7) is 4.47. The third-order valence-corrected chi connectivity index (χ3v) is 4.30. The molecule has 1 aliphatic carbocycles. The minimum Gasteiger partial charge on any atom is -0.321 e. The van der Waals surface area contributed by atoms with E-state index in [0.717, 1.165) is 12.0 Å². The van der Waals surface area contributed by atoms with E-state index in [1.807, 2.05) is 12.1 Å². The first-order valence-electron chi connectivity index (χ1n) is 6.09. The lowest BCUT2D eigenvalue weighted by atomic mass is 9.66. The Morgan fingerprint density at radius 2 is 1.88 bits per heavy atom. The minimum atomic E-state index is -0.272. The Morgan fingerprint density at radius 3 is 2.50 bits per heavy atom. The molecule has 0 amide bonds.